The van der Waals surface area contributed by atoms with E-state index in [4.69, 9.17) is 28.4 Å². The minimum absolute atomic E-state index is 0.237. The summed E-state index contributed by atoms with van der Waals surface area (Å²) < 4.78 is 34.5. The van der Waals surface area contributed by atoms with Crippen LogP contribution in [0, 0.1) is 0 Å². The molecule has 0 radical (unpaired) electrons. The highest BCUT2D eigenvalue weighted by Gasteiger charge is 2.54. The monoisotopic (exact) mass is 1600 g/mol. The summed E-state index contributed by atoms with van der Waals surface area (Å²) in [6.45, 7) is 1.67. The van der Waals surface area contributed by atoms with Gasteiger partial charge in [0.05, 0.1) is 38.6 Å². The van der Waals surface area contributed by atoms with Gasteiger partial charge in [0.2, 0.25) is 5.91 Å². The number of aliphatic hydroxyl groups is 11. The van der Waals surface area contributed by atoms with Crippen molar-refractivity contribution in [2.45, 2.75) is 491 Å². The molecule has 1 amide bonds. The molecule has 113 heavy (non-hydrogen) atoms. The number of nitrogens with one attached hydrogen (secondary N) is 1. The molecule has 3 saturated heterocycles. The van der Waals surface area contributed by atoms with Crippen LogP contribution in [0.15, 0.2) is 72.9 Å². The minimum Gasteiger partial charge on any atom is -0.394 e. The highest BCUT2D eigenvalue weighted by molar-refractivity contribution is 5.76. The maximum Gasteiger partial charge on any atom is 0.220 e. The van der Waals surface area contributed by atoms with Gasteiger partial charge >= 0.3 is 0 Å². The number of carbonyl (C=O) groups is 1. The fraction of sp³-hybridized carbons (Fsp3) is 0.862. The first kappa shape index (κ1) is 104. The number of carbonyl (C=O) groups excluding carboxylic acids is 1. The fourth-order valence-corrected chi connectivity index (χ4v) is 15.6. The van der Waals surface area contributed by atoms with Gasteiger partial charge in [0.15, 0.2) is 18.9 Å². The van der Waals surface area contributed by atoms with Crippen molar-refractivity contribution in [3.05, 3.63) is 72.9 Å². The zero-order valence-corrected chi connectivity index (χ0v) is 71.4. The fourth-order valence-electron chi connectivity index (χ4n) is 15.6. The van der Waals surface area contributed by atoms with E-state index in [1.54, 1.807) is 6.08 Å². The van der Waals surface area contributed by atoms with E-state index in [0.717, 1.165) is 64.2 Å². The van der Waals surface area contributed by atoms with Crippen LogP contribution in [0.1, 0.15) is 386 Å². The zero-order valence-electron chi connectivity index (χ0n) is 71.4. The predicted molar refractivity (Wildman–Crippen MR) is 457 cm³/mol. The molecule has 3 fully saturated rings. The third-order valence-electron chi connectivity index (χ3n) is 23.0. The first-order chi connectivity index (χ1) is 55.3. The van der Waals surface area contributed by atoms with E-state index in [1.807, 2.05) is 6.08 Å². The molecule has 0 aliphatic carbocycles. The third kappa shape index (κ3) is 51.5. The van der Waals surface area contributed by atoms with Gasteiger partial charge < -0.3 is 89.9 Å². The van der Waals surface area contributed by atoms with Crippen molar-refractivity contribution in [1.82, 2.24) is 5.32 Å². The maximum absolute atomic E-state index is 13.5. The molecule has 0 saturated carbocycles. The molecule has 19 heteroatoms. The number of hydrogen-bond donors (Lipinski definition) is 12. The Labute approximate surface area is 687 Å². The summed E-state index contributed by atoms with van der Waals surface area (Å²) >= 11 is 0. The van der Waals surface area contributed by atoms with Crippen molar-refractivity contribution in [3.63, 3.8) is 0 Å². The second-order valence-corrected chi connectivity index (χ2v) is 33.1. The second-order valence-electron chi connectivity index (χ2n) is 33.1. The first-order valence-electron chi connectivity index (χ1n) is 46.7. The molecule has 17 atom stereocenters. The van der Waals surface area contributed by atoms with Crippen molar-refractivity contribution >= 4 is 5.91 Å². The maximum atomic E-state index is 13.5. The van der Waals surface area contributed by atoms with E-state index in [-0.39, 0.29) is 18.9 Å². The predicted octanol–water partition coefficient (Wildman–Crippen LogP) is 18.3. The largest absolute Gasteiger partial charge is 0.394 e. The Kier molecular flexibility index (Phi) is 67.6. The van der Waals surface area contributed by atoms with Crippen LogP contribution in [0.25, 0.3) is 0 Å². The number of hydrogen-bond acceptors (Lipinski definition) is 18. The normalized spacial score (nSPS) is 25.1. The molecule has 0 bridgehead atoms. The van der Waals surface area contributed by atoms with E-state index < -0.39 is 124 Å². The Morgan fingerprint density at radius 2 is 0.619 bits per heavy atom. The molecule has 17 unspecified atom stereocenters. The van der Waals surface area contributed by atoms with Crippen LogP contribution in [0.2, 0.25) is 0 Å². The van der Waals surface area contributed by atoms with E-state index in [9.17, 15) is 61.0 Å². The number of rotatable bonds is 76. The van der Waals surface area contributed by atoms with Gasteiger partial charge in [-0.25, -0.2) is 0 Å². The highest BCUT2D eigenvalue weighted by atomic mass is 16.8. The topological polar surface area (TPSA) is 307 Å². The molecule has 3 aliphatic rings. The second kappa shape index (κ2) is 73.2. The summed E-state index contributed by atoms with van der Waals surface area (Å²) in [5, 5.41) is 121. The summed E-state index contributed by atoms with van der Waals surface area (Å²) in [5.74, 6) is -0.279. The van der Waals surface area contributed by atoms with Crippen LogP contribution in [0.3, 0.4) is 0 Å². The Bertz CT molecular complexity index is 2320. The van der Waals surface area contributed by atoms with Crippen LogP contribution >= 0.6 is 0 Å². The van der Waals surface area contributed by atoms with Crippen molar-refractivity contribution in [2.75, 3.05) is 26.4 Å². The lowest BCUT2D eigenvalue weighted by Gasteiger charge is -2.48. The van der Waals surface area contributed by atoms with Gasteiger partial charge in [-0.1, -0.05) is 382 Å². The number of ether oxygens (including phenoxy) is 6. The van der Waals surface area contributed by atoms with Gasteiger partial charge in [0.25, 0.3) is 0 Å². The van der Waals surface area contributed by atoms with Crippen molar-refractivity contribution < 1.29 is 89.4 Å². The van der Waals surface area contributed by atoms with Gasteiger partial charge in [-0.15, -0.1) is 0 Å². The summed E-state index contributed by atoms with van der Waals surface area (Å²) in [5.41, 5.74) is 0. The minimum atomic E-state index is -1.98. The molecule has 19 nitrogen and oxygen atoms in total. The molecule has 0 aromatic rings. The lowest BCUT2D eigenvalue weighted by molar-refractivity contribution is -0.379. The SMILES string of the molecule is CC/C=C\C/C=C\C/C=C\C/C=C\CCCCCCCCCCCCCCCCCCCCCCCCC(=O)NC(COC1OC(CO)C(OC2OC(CO)C(OC3OC(CO)C(O)C(O)C3O)C(O)C2O)C(O)C1O)C(O)/C=C/CC/C=C/CCCCCCCCCCCCCCCCCCCCCCCCCCCCC. The van der Waals surface area contributed by atoms with Gasteiger partial charge in [-0.3, -0.25) is 4.79 Å². The van der Waals surface area contributed by atoms with Gasteiger partial charge in [-0.05, 0) is 70.6 Å². The molecule has 660 valence electrons. The van der Waals surface area contributed by atoms with Crippen LogP contribution in [-0.2, 0) is 33.2 Å². The van der Waals surface area contributed by atoms with Gasteiger partial charge in [0.1, 0.15) is 73.2 Å². The van der Waals surface area contributed by atoms with E-state index in [0.29, 0.717) is 12.8 Å². The van der Waals surface area contributed by atoms with Crippen molar-refractivity contribution in [1.29, 1.82) is 0 Å². The van der Waals surface area contributed by atoms with Crippen LogP contribution < -0.4 is 5.32 Å². The summed E-state index contributed by atoms with van der Waals surface area (Å²) in [6, 6.07) is -0.994. The summed E-state index contributed by atoms with van der Waals surface area (Å²) in [4.78, 5) is 13.5. The average molecular weight is 1600 g/mol. The molecular weight excluding hydrogens is 1430 g/mol. The highest BCUT2D eigenvalue weighted by Crippen LogP contribution is 2.34. The Morgan fingerprint density at radius 3 is 0.991 bits per heavy atom. The standard InChI is InChI=1S/C94H171NO18/c1-3-5-7-9-11-13-15-17-19-21-23-25-27-29-31-33-35-37-38-40-42-44-46-48-50-52-54-56-58-60-62-64-66-68-70-72-82(100)95-77(78(99)71-69-67-65-63-61-59-57-55-53-51-49-47-45-43-41-39-36-34-32-30-28-26-24-22-20-18-16-14-12-10-8-6-4-2)76-108-92-88(106)85(103)90(80(74-97)110-92)113-94-89(107)86(104)91(81(75-98)111-94)112-93-87(105)84(102)83(101)79(73-96)109-93/h5,7,11,13,17,19,23,25,61,63,69,71,77-81,83-94,96-99,101-107H,3-4,6,8-10,12,14-16,18,20-22,24,26-60,62,64-68,70,72-76H2,1-2H3,(H,95,100)/b7-5-,13-11-,19-17-,25-23-,63-61+,71-69+. The molecule has 3 aliphatic heterocycles. The van der Waals surface area contributed by atoms with Crippen LogP contribution in [0.4, 0.5) is 0 Å². The van der Waals surface area contributed by atoms with Gasteiger partial charge in [0, 0.05) is 6.42 Å². The molecule has 12 N–H and O–H groups in total. The average Bonchev–Trinajstić information content (AvgIpc) is 0.780. The molecule has 3 heterocycles. The Morgan fingerprint density at radius 1 is 0.327 bits per heavy atom. The molecule has 0 aromatic carbocycles. The lowest BCUT2D eigenvalue weighted by atomic mass is 9.96. The van der Waals surface area contributed by atoms with Crippen LogP contribution in [-0.4, -0.2) is 193 Å². The van der Waals surface area contributed by atoms with Crippen molar-refractivity contribution in [2.24, 2.45) is 0 Å². The smallest absolute Gasteiger partial charge is 0.220 e. The molecule has 3 rings (SSSR count). The number of allylic oxidation sites excluding steroid dienone is 11. The lowest BCUT2D eigenvalue weighted by Crippen LogP contribution is -2.66. The number of unbranched alkanes of at least 4 members (excludes halogenated alkanes) is 50. The molecular formula is C94H171NO18. The van der Waals surface area contributed by atoms with Crippen molar-refractivity contribution in [3.8, 4) is 0 Å². The third-order valence-corrected chi connectivity index (χ3v) is 23.0. The summed E-state index contributed by atoms with van der Waals surface area (Å²) in [6.07, 6.45) is 72.1. The number of aliphatic hydroxyl groups excluding tert-OH is 11. The Balaban J connectivity index is 1.32. The zero-order chi connectivity index (χ0) is 81.7. The van der Waals surface area contributed by atoms with Gasteiger partial charge in [-0.2, -0.15) is 0 Å². The number of amides is 1. The Hall–Kier alpha value is -2.77. The van der Waals surface area contributed by atoms with Crippen LogP contribution in [0.5, 0.6) is 0 Å². The molecule has 0 spiro atoms. The van der Waals surface area contributed by atoms with E-state index in [2.05, 4.69) is 79.9 Å². The van der Waals surface area contributed by atoms with E-state index >= 15 is 0 Å². The van der Waals surface area contributed by atoms with E-state index in [1.165, 1.54) is 289 Å². The first-order valence-corrected chi connectivity index (χ1v) is 46.7. The quantitative estimate of drug-likeness (QED) is 0.0199. The molecule has 0 aromatic heterocycles. The summed E-state index contributed by atoms with van der Waals surface area (Å²) in [7, 11) is 0.